The number of anilines is 1. The van der Waals surface area contributed by atoms with Crippen molar-refractivity contribution in [3.8, 4) is 0 Å². The Hall–Kier alpha value is -3.01. The molecule has 1 aliphatic heterocycles. The zero-order valence-electron chi connectivity index (χ0n) is 18.9. The van der Waals surface area contributed by atoms with E-state index in [1.54, 1.807) is 30.4 Å². The van der Waals surface area contributed by atoms with Crippen LogP contribution >= 0.6 is 11.3 Å². The number of hydrogen-bond acceptors (Lipinski definition) is 5. The highest BCUT2D eigenvalue weighted by atomic mass is 32.2. The van der Waals surface area contributed by atoms with Gasteiger partial charge in [0.15, 0.2) is 0 Å². The minimum Gasteiger partial charge on any atom is -0.351 e. The third kappa shape index (κ3) is 5.38. The molecule has 0 unspecified atom stereocenters. The van der Waals surface area contributed by atoms with E-state index in [9.17, 15) is 18.0 Å². The maximum atomic E-state index is 13.6. The SMILES string of the molecule is CCC(=O)Nc1ccc(S(=O)(=O)N2CCc3ccccc3[C@H]2CC(=O)NCc2cccs2)cc1. The molecule has 178 valence electrons. The van der Waals surface area contributed by atoms with Crippen molar-refractivity contribution in [2.45, 2.75) is 43.7 Å². The summed E-state index contributed by atoms with van der Waals surface area (Å²) in [6.07, 6.45) is 0.948. The van der Waals surface area contributed by atoms with Crippen LogP contribution in [-0.4, -0.2) is 31.1 Å². The fourth-order valence-corrected chi connectivity index (χ4v) is 6.32. The van der Waals surface area contributed by atoms with Crippen molar-refractivity contribution in [1.82, 2.24) is 9.62 Å². The van der Waals surface area contributed by atoms with Crippen LogP contribution in [0.25, 0.3) is 0 Å². The highest BCUT2D eigenvalue weighted by Crippen LogP contribution is 2.36. The number of benzene rings is 2. The number of carbonyl (C=O) groups is 2. The second kappa shape index (κ2) is 10.5. The smallest absolute Gasteiger partial charge is 0.243 e. The van der Waals surface area contributed by atoms with Gasteiger partial charge in [-0.15, -0.1) is 11.3 Å². The third-order valence-electron chi connectivity index (χ3n) is 5.85. The van der Waals surface area contributed by atoms with Gasteiger partial charge in [0.1, 0.15) is 0 Å². The van der Waals surface area contributed by atoms with Crippen LogP contribution < -0.4 is 10.6 Å². The van der Waals surface area contributed by atoms with Crippen molar-refractivity contribution < 1.29 is 18.0 Å². The molecule has 0 bridgehead atoms. The third-order valence-corrected chi connectivity index (χ3v) is 8.65. The Morgan fingerprint density at radius 1 is 1.03 bits per heavy atom. The zero-order chi connectivity index (χ0) is 24.1. The molecule has 0 radical (unpaired) electrons. The molecule has 0 fully saturated rings. The highest BCUT2D eigenvalue weighted by Gasteiger charge is 2.37. The van der Waals surface area contributed by atoms with Crippen molar-refractivity contribution in [2.75, 3.05) is 11.9 Å². The van der Waals surface area contributed by atoms with Gasteiger partial charge >= 0.3 is 0 Å². The van der Waals surface area contributed by atoms with Crippen LogP contribution in [0.5, 0.6) is 0 Å². The summed E-state index contributed by atoms with van der Waals surface area (Å²) in [4.78, 5) is 25.6. The Morgan fingerprint density at radius 3 is 2.50 bits per heavy atom. The second-order valence-electron chi connectivity index (χ2n) is 8.07. The van der Waals surface area contributed by atoms with Crippen molar-refractivity contribution in [3.05, 3.63) is 82.0 Å². The first-order valence-corrected chi connectivity index (χ1v) is 13.5. The number of nitrogens with one attached hydrogen (secondary N) is 2. The largest absolute Gasteiger partial charge is 0.351 e. The number of sulfonamides is 1. The summed E-state index contributed by atoms with van der Waals surface area (Å²) >= 11 is 1.56. The molecule has 1 atom stereocenters. The van der Waals surface area contributed by atoms with Crippen LogP contribution in [0.3, 0.4) is 0 Å². The van der Waals surface area contributed by atoms with Gasteiger partial charge in [-0.1, -0.05) is 37.3 Å². The molecule has 2 aromatic carbocycles. The van der Waals surface area contributed by atoms with E-state index in [1.165, 1.54) is 16.4 Å². The number of thiophene rings is 1. The van der Waals surface area contributed by atoms with E-state index in [0.717, 1.165) is 16.0 Å². The fourth-order valence-electron chi connectivity index (χ4n) is 4.07. The van der Waals surface area contributed by atoms with E-state index in [-0.39, 0.29) is 29.7 Å². The van der Waals surface area contributed by atoms with Crippen molar-refractivity contribution in [2.24, 2.45) is 0 Å². The van der Waals surface area contributed by atoms with Gasteiger partial charge in [0.25, 0.3) is 0 Å². The summed E-state index contributed by atoms with van der Waals surface area (Å²) in [5.74, 6) is -0.343. The number of fused-ring (bicyclic) bond motifs is 1. The molecule has 2 heterocycles. The first-order chi connectivity index (χ1) is 16.4. The molecule has 1 aromatic heterocycles. The quantitative estimate of drug-likeness (QED) is 0.490. The number of amides is 2. The van der Waals surface area contributed by atoms with Gasteiger partial charge in [0, 0.05) is 30.0 Å². The van der Waals surface area contributed by atoms with Crippen LogP contribution in [0.2, 0.25) is 0 Å². The number of hydrogen-bond donors (Lipinski definition) is 2. The van der Waals surface area contributed by atoms with Crippen molar-refractivity contribution in [1.29, 1.82) is 0 Å². The van der Waals surface area contributed by atoms with E-state index in [0.29, 0.717) is 25.1 Å². The predicted octanol–water partition coefficient (Wildman–Crippen LogP) is 4.09. The molecule has 3 aromatic rings. The van der Waals surface area contributed by atoms with Gasteiger partial charge in [-0.2, -0.15) is 4.31 Å². The maximum Gasteiger partial charge on any atom is 0.243 e. The lowest BCUT2D eigenvalue weighted by Crippen LogP contribution is -2.42. The molecule has 0 saturated heterocycles. The molecular formula is C25H27N3O4S2. The van der Waals surface area contributed by atoms with Gasteiger partial charge in [-0.05, 0) is 53.3 Å². The topological polar surface area (TPSA) is 95.6 Å². The molecule has 34 heavy (non-hydrogen) atoms. The van der Waals surface area contributed by atoms with Gasteiger partial charge in [-0.25, -0.2) is 8.42 Å². The van der Waals surface area contributed by atoms with E-state index in [4.69, 9.17) is 0 Å². The maximum absolute atomic E-state index is 13.6. The normalized spacial score (nSPS) is 16.0. The van der Waals surface area contributed by atoms with Gasteiger partial charge < -0.3 is 10.6 Å². The Bertz CT molecular complexity index is 1260. The number of carbonyl (C=O) groups excluding carboxylic acids is 2. The van der Waals surface area contributed by atoms with Gasteiger partial charge in [0.05, 0.1) is 17.5 Å². The lowest BCUT2D eigenvalue weighted by atomic mass is 9.92. The van der Waals surface area contributed by atoms with Gasteiger partial charge in [0.2, 0.25) is 21.8 Å². The summed E-state index contributed by atoms with van der Waals surface area (Å²) in [6.45, 7) is 2.46. The second-order valence-corrected chi connectivity index (χ2v) is 11.0. The summed E-state index contributed by atoms with van der Waals surface area (Å²) in [5.41, 5.74) is 2.46. The fraction of sp³-hybridized carbons (Fsp3) is 0.280. The minimum absolute atomic E-state index is 0.0340. The molecule has 2 amide bonds. The average Bonchev–Trinajstić information content (AvgIpc) is 3.37. The van der Waals surface area contributed by atoms with Crippen LogP contribution in [0.4, 0.5) is 5.69 Å². The summed E-state index contributed by atoms with van der Waals surface area (Å²) < 4.78 is 28.7. The highest BCUT2D eigenvalue weighted by molar-refractivity contribution is 7.89. The lowest BCUT2D eigenvalue weighted by molar-refractivity contribution is -0.122. The Labute approximate surface area is 203 Å². The first-order valence-electron chi connectivity index (χ1n) is 11.2. The molecule has 1 aliphatic rings. The van der Waals surface area contributed by atoms with Crippen molar-refractivity contribution in [3.63, 3.8) is 0 Å². The Morgan fingerprint density at radius 2 is 1.79 bits per heavy atom. The summed E-state index contributed by atoms with van der Waals surface area (Å²) in [6, 6.07) is 17.1. The number of nitrogens with zero attached hydrogens (tertiary/aromatic N) is 1. The molecule has 7 nitrogen and oxygen atoms in total. The lowest BCUT2D eigenvalue weighted by Gasteiger charge is -2.36. The van der Waals surface area contributed by atoms with E-state index >= 15 is 0 Å². The molecular weight excluding hydrogens is 470 g/mol. The molecule has 0 saturated carbocycles. The van der Waals surface area contributed by atoms with Crippen LogP contribution in [0, 0.1) is 0 Å². The van der Waals surface area contributed by atoms with Crippen LogP contribution in [0.15, 0.2) is 70.9 Å². The van der Waals surface area contributed by atoms with Crippen LogP contribution in [0.1, 0.15) is 41.8 Å². The Balaban J connectivity index is 1.58. The zero-order valence-corrected chi connectivity index (χ0v) is 20.5. The molecule has 0 spiro atoms. The van der Waals surface area contributed by atoms with E-state index < -0.39 is 16.1 Å². The first kappa shape index (κ1) is 24.1. The van der Waals surface area contributed by atoms with E-state index in [2.05, 4.69) is 10.6 Å². The molecule has 2 N–H and O–H groups in total. The Kier molecular flexibility index (Phi) is 7.45. The van der Waals surface area contributed by atoms with Crippen molar-refractivity contribution >= 4 is 38.9 Å². The molecule has 0 aliphatic carbocycles. The monoisotopic (exact) mass is 497 g/mol. The summed E-state index contributed by atoms with van der Waals surface area (Å²) in [5, 5.41) is 7.59. The van der Waals surface area contributed by atoms with E-state index in [1.807, 2.05) is 41.8 Å². The minimum atomic E-state index is -3.87. The van der Waals surface area contributed by atoms with Crippen LogP contribution in [-0.2, 0) is 32.6 Å². The molecule has 4 rings (SSSR count). The average molecular weight is 498 g/mol. The number of rotatable bonds is 8. The van der Waals surface area contributed by atoms with Gasteiger partial charge in [-0.3, -0.25) is 9.59 Å². The predicted molar refractivity (Wildman–Crippen MR) is 133 cm³/mol. The standard InChI is InChI=1S/C25H27N3O4S2/c1-2-24(29)27-19-9-11-21(12-10-19)34(31,32)28-14-13-18-6-3-4-8-22(18)23(28)16-25(30)26-17-20-7-5-15-33-20/h3-12,15,23H,2,13-14,16-17H2,1H3,(H,26,30)(H,27,29)/t23-/m1/s1. The molecule has 9 heteroatoms. The summed E-state index contributed by atoms with van der Waals surface area (Å²) in [7, 11) is -3.87.